The van der Waals surface area contributed by atoms with E-state index >= 15 is 0 Å². The number of nitrogens with one attached hydrogen (secondary N) is 2. The number of hydrogen-bond donors (Lipinski definition) is 3. The first-order chi connectivity index (χ1) is 18.9. The van der Waals surface area contributed by atoms with Crippen LogP contribution in [0.3, 0.4) is 0 Å². The van der Waals surface area contributed by atoms with Crippen LogP contribution < -0.4 is 21.3 Å². The summed E-state index contributed by atoms with van der Waals surface area (Å²) in [6, 6.07) is 18.6. The molecular formula is C28H32N8O3. The Labute approximate surface area is 227 Å². The number of rotatable bonds is 12. The van der Waals surface area contributed by atoms with Crippen LogP contribution in [0.25, 0.3) is 0 Å². The van der Waals surface area contributed by atoms with Crippen LogP contribution >= 0.6 is 0 Å². The molecule has 0 unspecified atom stereocenters. The Morgan fingerprint density at radius 2 is 1.90 bits per heavy atom. The van der Waals surface area contributed by atoms with Crippen LogP contribution in [-0.4, -0.2) is 53.4 Å². The topological polar surface area (TPSA) is 153 Å². The minimum atomic E-state index is -0.477. The molecular weight excluding hydrogens is 496 g/mol. The van der Waals surface area contributed by atoms with Crippen molar-refractivity contribution in [2.45, 2.75) is 25.8 Å². The molecule has 11 nitrogen and oxygen atoms in total. The van der Waals surface area contributed by atoms with Gasteiger partial charge >= 0.3 is 0 Å². The maximum atomic E-state index is 11.6. The van der Waals surface area contributed by atoms with Crippen molar-refractivity contribution in [3.63, 3.8) is 0 Å². The summed E-state index contributed by atoms with van der Waals surface area (Å²) < 4.78 is 0. The summed E-state index contributed by atoms with van der Waals surface area (Å²) >= 11 is 0. The Bertz CT molecular complexity index is 1330. The van der Waals surface area contributed by atoms with Crippen LogP contribution in [0.1, 0.15) is 24.0 Å². The van der Waals surface area contributed by atoms with E-state index in [0.29, 0.717) is 30.0 Å². The fraction of sp³-hybridized carbons (Fsp3) is 0.321. The number of primary amides is 1. The number of anilines is 4. The summed E-state index contributed by atoms with van der Waals surface area (Å²) in [5.74, 6) is 0.109. The van der Waals surface area contributed by atoms with Gasteiger partial charge in [0.05, 0.1) is 17.4 Å². The highest BCUT2D eigenvalue weighted by Gasteiger charge is 2.17. The molecule has 0 radical (unpaired) electrons. The third-order valence-electron chi connectivity index (χ3n) is 6.60. The minimum absolute atomic E-state index is 0.0182. The highest BCUT2D eigenvalue weighted by atomic mass is 16.6. The number of aromatic nitrogens is 1. The predicted molar refractivity (Wildman–Crippen MR) is 151 cm³/mol. The van der Waals surface area contributed by atoms with Crippen molar-refractivity contribution in [3.05, 3.63) is 82.0 Å². The molecule has 4 rings (SSSR count). The molecule has 0 saturated carbocycles. The Morgan fingerprint density at radius 1 is 1.13 bits per heavy atom. The third-order valence-corrected chi connectivity index (χ3v) is 6.60. The van der Waals surface area contributed by atoms with Gasteiger partial charge in [0.25, 0.3) is 5.69 Å². The van der Waals surface area contributed by atoms with E-state index in [2.05, 4.69) is 43.6 Å². The van der Waals surface area contributed by atoms with Crippen molar-refractivity contribution in [3.8, 4) is 6.07 Å². The fourth-order valence-corrected chi connectivity index (χ4v) is 4.54. The van der Waals surface area contributed by atoms with Gasteiger partial charge in [0, 0.05) is 86.2 Å². The predicted octanol–water partition coefficient (Wildman–Crippen LogP) is 3.80. The monoisotopic (exact) mass is 528 g/mol. The highest BCUT2D eigenvalue weighted by Crippen LogP contribution is 2.25. The normalized spacial score (nSPS) is 13.5. The Hall–Kier alpha value is -4.69. The number of benzene rings is 2. The summed E-state index contributed by atoms with van der Waals surface area (Å²) in [6.45, 7) is 5.16. The number of carbonyl (C=O) groups excluding carboxylic acids is 1. The Balaban J connectivity index is 1.39. The highest BCUT2D eigenvalue weighted by molar-refractivity contribution is 5.79. The number of hydrogen-bond acceptors (Lipinski definition) is 9. The van der Waals surface area contributed by atoms with Crippen molar-refractivity contribution in [1.82, 2.24) is 9.88 Å². The Morgan fingerprint density at radius 3 is 2.59 bits per heavy atom. The lowest BCUT2D eigenvalue weighted by Gasteiger charge is -2.36. The average molecular weight is 529 g/mol. The van der Waals surface area contributed by atoms with Gasteiger partial charge in [-0.1, -0.05) is 12.1 Å². The SMILES string of the molecule is N#CCCCN1CCN(c2ccc(Nc3cc(NCc4cccc([N+](=O)[O-])c4)c(CC(N)=O)cn3)cc2)CC1. The van der Waals surface area contributed by atoms with Crippen molar-refractivity contribution >= 4 is 34.5 Å². The van der Waals surface area contributed by atoms with Crippen LogP contribution in [-0.2, 0) is 17.8 Å². The average Bonchev–Trinajstić information content (AvgIpc) is 2.94. The number of pyridine rings is 1. The van der Waals surface area contributed by atoms with E-state index in [4.69, 9.17) is 11.0 Å². The molecule has 3 aromatic rings. The molecule has 2 aromatic carbocycles. The van der Waals surface area contributed by atoms with E-state index in [0.717, 1.165) is 56.1 Å². The first-order valence-electron chi connectivity index (χ1n) is 12.9. The van der Waals surface area contributed by atoms with E-state index in [1.54, 1.807) is 24.4 Å². The number of unbranched alkanes of at least 4 members (excludes halogenated alkanes) is 1. The second kappa shape index (κ2) is 13.2. The molecule has 1 saturated heterocycles. The van der Waals surface area contributed by atoms with Crippen molar-refractivity contribution < 1.29 is 9.72 Å². The zero-order chi connectivity index (χ0) is 27.6. The smallest absolute Gasteiger partial charge is 0.269 e. The molecule has 39 heavy (non-hydrogen) atoms. The van der Waals surface area contributed by atoms with Crippen molar-refractivity contribution in [1.29, 1.82) is 5.26 Å². The van der Waals surface area contributed by atoms with Crippen LogP contribution in [0.15, 0.2) is 60.8 Å². The van der Waals surface area contributed by atoms with Gasteiger partial charge in [0.15, 0.2) is 0 Å². The summed E-state index contributed by atoms with van der Waals surface area (Å²) in [4.78, 5) is 31.5. The fourth-order valence-electron chi connectivity index (χ4n) is 4.54. The van der Waals surface area contributed by atoms with Gasteiger partial charge < -0.3 is 21.3 Å². The molecule has 1 aromatic heterocycles. The van der Waals surface area contributed by atoms with E-state index < -0.39 is 10.8 Å². The third kappa shape index (κ3) is 7.90. The molecule has 1 aliphatic rings. The summed E-state index contributed by atoms with van der Waals surface area (Å²) in [5.41, 5.74) is 9.51. The molecule has 0 aliphatic carbocycles. The maximum Gasteiger partial charge on any atom is 0.269 e. The minimum Gasteiger partial charge on any atom is -0.381 e. The molecule has 0 atom stereocenters. The first-order valence-corrected chi connectivity index (χ1v) is 12.9. The van der Waals surface area contributed by atoms with Gasteiger partial charge in [-0.25, -0.2) is 4.98 Å². The molecule has 0 spiro atoms. The molecule has 2 heterocycles. The molecule has 202 valence electrons. The second-order valence-corrected chi connectivity index (χ2v) is 9.41. The van der Waals surface area contributed by atoms with Crippen LogP contribution in [0, 0.1) is 21.4 Å². The lowest BCUT2D eigenvalue weighted by molar-refractivity contribution is -0.384. The summed E-state index contributed by atoms with van der Waals surface area (Å²) in [5, 5.41) is 26.4. The molecule has 1 amide bonds. The largest absolute Gasteiger partial charge is 0.381 e. The molecule has 1 aliphatic heterocycles. The molecule has 1 fully saturated rings. The molecule has 0 bridgehead atoms. The molecule has 11 heteroatoms. The van der Waals surface area contributed by atoms with Crippen molar-refractivity contribution in [2.75, 3.05) is 48.3 Å². The second-order valence-electron chi connectivity index (χ2n) is 9.41. The maximum absolute atomic E-state index is 11.6. The van der Waals surface area contributed by atoms with Gasteiger partial charge in [0.1, 0.15) is 5.82 Å². The van der Waals surface area contributed by atoms with Gasteiger partial charge in [0.2, 0.25) is 5.91 Å². The van der Waals surface area contributed by atoms with Gasteiger partial charge in [-0.2, -0.15) is 5.26 Å². The number of nitro groups is 1. The number of nitriles is 1. The van der Waals surface area contributed by atoms with Crippen molar-refractivity contribution in [2.24, 2.45) is 5.73 Å². The number of nitrogens with two attached hydrogens (primary N) is 1. The zero-order valence-electron chi connectivity index (χ0n) is 21.7. The quantitative estimate of drug-likeness (QED) is 0.181. The van der Waals surface area contributed by atoms with Crippen LogP contribution in [0.2, 0.25) is 0 Å². The van der Waals surface area contributed by atoms with E-state index in [9.17, 15) is 14.9 Å². The molecule has 4 N–H and O–H groups in total. The summed E-state index contributed by atoms with van der Waals surface area (Å²) in [6.07, 6.45) is 3.14. The van der Waals surface area contributed by atoms with Gasteiger partial charge in [-0.3, -0.25) is 19.8 Å². The van der Waals surface area contributed by atoms with E-state index in [-0.39, 0.29) is 12.1 Å². The Kier molecular flexibility index (Phi) is 9.26. The van der Waals surface area contributed by atoms with E-state index in [1.807, 2.05) is 12.1 Å². The van der Waals surface area contributed by atoms with E-state index in [1.165, 1.54) is 12.1 Å². The zero-order valence-corrected chi connectivity index (χ0v) is 21.7. The number of carbonyl (C=O) groups is 1. The van der Waals surface area contributed by atoms with Crippen LogP contribution in [0.4, 0.5) is 28.6 Å². The lowest BCUT2D eigenvalue weighted by atomic mass is 10.1. The van der Waals surface area contributed by atoms with Gasteiger partial charge in [-0.15, -0.1) is 0 Å². The standard InChI is InChI=1S/C28H32N8O3/c29-10-1-2-11-34-12-14-35(15-13-34)24-8-6-23(7-9-24)33-28-18-26(22(20-32-28)17-27(30)37)31-19-21-4-3-5-25(16-21)36(38)39/h3-9,16,18,20H,1-2,11-15,17,19H2,(H2,30,37)(H2,31,32,33). The number of nitro benzene ring substituents is 1. The van der Waals surface area contributed by atoms with Gasteiger partial charge in [-0.05, 0) is 42.8 Å². The lowest BCUT2D eigenvalue weighted by Crippen LogP contribution is -2.46. The van der Waals surface area contributed by atoms with Crippen LogP contribution in [0.5, 0.6) is 0 Å². The summed E-state index contributed by atoms with van der Waals surface area (Å²) in [7, 11) is 0. The number of nitrogens with zero attached hydrogens (tertiary/aromatic N) is 5. The number of piperazine rings is 1. The first kappa shape index (κ1) is 27.3. The number of non-ortho nitro benzene ring substituents is 1. The number of amides is 1.